The summed E-state index contributed by atoms with van der Waals surface area (Å²) in [6, 6.07) is 15.9. The van der Waals surface area contributed by atoms with Gasteiger partial charge in [0.1, 0.15) is 6.54 Å². The second-order valence-corrected chi connectivity index (χ2v) is 7.04. The SMILES string of the molecule is CN(Cc1cnn(-c2ccccc2)c1)C(=O)Cn1nc(C(=O)O)c2ccccc2c1=O. The fourth-order valence-corrected chi connectivity index (χ4v) is 3.27. The van der Waals surface area contributed by atoms with Crippen LogP contribution in [0, 0.1) is 0 Å². The van der Waals surface area contributed by atoms with Crippen molar-refractivity contribution in [2.45, 2.75) is 13.1 Å². The van der Waals surface area contributed by atoms with Crippen LogP contribution in [0.4, 0.5) is 0 Å². The fraction of sp³-hybridized carbons (Fsp3) is 0.136. The van der Waals surface area contributed by atoms with E-state index in [1.807, 2.05) is 36.5 Å². The van der Waals surface area contributed by atoms with Gasteiger partial charge in [0.2, 0.25) is 5.91 Å². The maximum Gasteiger partial charge on any atom is 0.357 e. The summed E-state index contributed by atoms with van der Waals surface area (Å²) in [5.41, 5.74) is 0.926. The molecule has 1 N–H and O–H groups in total. The van der Waals surface area contributed by atoms with Crippen LogP contribution in [0.5, 0.6) is 0 Å². The van der Waals surface area contributed by atoms with E-state index >= 15 is 0 Å². The van der Waals surface area contributed by atoms with Crippen molar-refractivity contribution in [2.75, 3.05) is 7.05 Å². The molecule has 2 heterocycles. The molecular weight excluding hydrogens is 398 g/mol. The number of likely N-dealkylation sites (N-methyl/N-ethyl adjacent to an activating group) is 1. The first-order valence-electron chi connectivity index (χ1n) is 9.50. The van der Waals surface area contributed by atoms with Crippen molar-refractivity contribution in [1.29, 1.82) is 0 Å². The molecule has 0 fully saturated rings. The molecule has 31 heavy (non-hydrogen) atoms. The van der Waals surface area contributed by atoms with Gasteiger partial charge in [0.15, 0.2) is 5.69 Å². The summed E-state index contributed by atoms with van der Waals surface area (Å²) in [5.74, 6) is -1.65. The van der Waals surface area contributed by atoms with Crippen LogP contribution in [0.2, 0.25) is 0 Å². The predicted octanol–water partition coefficient (Wildman–Crippen LogP) is 1.94. The number of aromatic carboxylic acids is 1. The Morgan fingerprint density at radius 2 is 1.71 bits per heavy atom. The Hall–Kier alpha value is -4.27. The van der Waals surface area contributed by atoms with Crippen molar-refractivity contribution in [3.63, 3.8) is 0 Å². The van der Waals surface area contributed by atoms with Gasteiger partial charge in [-0.25, -0.2) is 14.2 Å². The quantitative estimate of drug-likeness (QED) is 0.513. The smallest absolute Gasteiger partial charge is 0.357 e. The molecular formula is C22H19N5O4. The molecule has 2 aromatic carbocycles. The first-order valence-corrected chi connectivity index (χ1v) is 9.50. The monoisotopic (exact) mass is 417 g/mol. The molecule has 0 spiro atoms. The highest BCUT2D eigenvalue weighted by Gasteiger charge is 2.18. The Labute approximate surface area is 176 Å². The molecule has 2 aromatic heterocycles. The molecule has 0 saturated heterocycles. The van der Waals surface area contributed by atoms with Crippen LogP contribution in [-0.2, 0) is 17.9 Å². The van der Waals surface area contributed by atoms with E-state index in [-0.39, 0.29) is 35.5 Å². The number of carbonyl (C=O) groups is 2. The number of carboxylic acids is 1. The average Bonchev–Trinajstić information content (AvgIpc) is 3.24. The number of fused-ring (bicyclic) bond motifs is 1. The number of benzene rings is 2. The fourth-order valence-electron chi connectivity index (χ4n) is 3.27. The van der Waals surface area contributed by atoms with E-state index in [4.69, 9.17) is 0 Å². The lowest BCUT2D eigenvalue weighted by molar-refractivity contribution is -0.131. The first kappa shape index (κ1) is 20.0. The Bertz CT molecular complexity index is 1330. The largest absolute Gasteiger partial charge is 0.476 e. The molecule has 0 radical (unpaired) electrons. The van der Waals surface area contributed by atoms with Crippen LogP contribution in [0.25, 0.3) is 16.5 Å². The molecule has 156 valence electrons. The Morgan fingerprint density at radius 1 is 1.03 bits per heavy atom. The van der Waals surface area contributed by atoms with E-state index in [0.29, 0.717) is 0 Å². The normalized spacial score (nSPS) is 10.9. The van der Waals surface area contributed by atoms with Gasteiger partial charge < -0.3 is 10.0 Å². The van der Waals surface area contributed by atoms with Crippen LogP contribution in [-0.4, -0.2) is 48.5 Å². The zero-order valence-corrected chi connectivity index (χ0v) is 16.7. The van der Waals surface area contributed by atoms with Crippen LogP contribution in [0.15, 0.2) is 71.8 Å². The summed E-state index contributed by atoms with van der Waals surface area (Å²) < 4.78 is 2.61. The van der Waals surface area contributed by atoms with Crippen molar-refractivity contribution in [3.8, 4) is 5.69 Å². The van der Waals surface area contributed by atoms with Crippen LogP contribution in [0.1, 0.15) is 16.1 Å². The van der Waals surface area contributed by atoms with E-state index < -0.39 is 11.5 Å². The van der Waals surface area contributed by atoms with E-state index in [1.54, 1.807) is 30.1 Å². The highest BCUT2D eigenvalue weighted by molar-refractivity contribution is 6.01. The minimum absolute atomic E-state index is 0.203. The van der Waals surface area contributed by atoms with Gasteiger partial charge in [-0.3, -0.25) is 9.59 Å². The lowest BCUT2D eigenvalue weighted by atomic mass is 10.1. The molecule has 0 aliphatic rings. The molecule has 1 amide bonds. The van der Waals surface area contributed by atoms with Crippen molar-refractivity contribution in [3.05, 3.63) is 88.6 Å². The van der Waals surface area contributed by atoms with Crippen molar-refractivity contribution in [2.24, 2.45) is 0 Å². The number of hydrogen-bond donors (Lipinski definition) is 1. The van der Waals surface area contributed by atoms with Crippen molar-refractivity contribution < 1.29 is 14.7 Å². The molecule has 4 rings (SSSR count). The van der Waals surface area contributed by atoms with Crippen molar-refractivity contribution in [1.82, 2.24) is 24.5 Å². The highest BCUT2D eigenvalue weighted by Crippen LogP contribution is 2.13. The molecule has 0 aliphatic heterocycles. The van der Waals surface area contributed by atoms with Gasteiger partial charge in [-0.1, -0.05) is 36.4 Å². The number of aromatic nitrogens is 4. The van der Waals surface area contributed by atoms with E-state index in [0.717, 1.165) is 15.9 Å². The Kier molecular flexibility index (Phi) is 5.31. The second kappa shape index (κ2) is 8.23. The Balaban J connectivity index is 1.54. The summed E-state index contributed by atoms with van der Waals surface area (Å²) in [6.45, 7) is -0.0902. The lowest BCUT2D eigenvalue weighted by Crippen LogP contribution is -2.35. The number of para-hydroxylation sites is 1. The van der Waals surface area contributed by atoms with Gasteiger partial charge in [0.25, 0.3) is 5.56 Å². The van der Waals surface area contributed by atoms with Crippen LogP contribution in [0.3, 0.4) is 0 Å². The molecule has 0 saturated carbocycles. The number of carbonyl (C=O) groups excluding carboxylic acids is 1. The minimum Gasteiger partial charge on any atom is -0.476 e. The summed E-state index contributed by atoms with van der Waals surface area (Å²) in [6.07, 6.45) is 3.49. The van der Waals surface area contributed by atoms with Crippen LogP contribution >= 0.6 is 0 Å². The zero-order valence-electron chi connectivity index (χ0n) is 16.7. The molecule has 4 aromatic rings. The van der Waals surface area contributed by atoms with Gasteiger partial charge >= 0.3 is 5.97 Å². The third kappa shape index (κ3) is 4.06. The first-order chi connectivity index (χ1) is 14.9. The predicted molar refractivity (Wildman–Crippen MR) is 113 cm³/mol. The zero-order chi connectivity index (χ0) is 22.0. The van der Waals surface area contributed by atoms with Gasteiger partial charge in [0, 0.05) is 30.7 Å². The van der Waals surface area contributed by atoms with Gasteiger partial charge in [-0.2, -0.15) is 10.2 Å². The third-order valence-corrected chi connectivity index (χ3v) is 4.86. The van der Waals surface area contributed by atoms with E-state index in [2.05, 4.69) is 10.2 Å². The second-order valence-electron chi connectivity index (χ2n) is 7.04. The summed E-state index contributed by atoms with van der Waals surface area (Å²) in [4.78, 5) is 38.4. The number of rotatable bonds is 6. The van der Waals surface area contributed by atoms with E-state index in [1.165, 1.54) is 17.0 Å². The molecule has 9 heteroatoms. The highest BCUT2D eigenvalue weighted by atomic mass is 16.4. The third-order valence-electron chi connectivity index (χ3n) is 4.86. The average molecular weight is 417 g/mol. The maximum absolute atomic E-state index is 12.7. The number of hydrogen-bond acceptors (Lipinski definition) is 5. The Morgan fingerprint density at radius 3 is 2.42 bits per heavy atom. The standard InChI is InChI=1S/C22H19N5O4/c1-25(12-15-11-23-26(13-15)16-7-3-2-4-8-16)19(28)14-27-21(29)18-10-6-5-9-17(18)20(24-27)22(30)31/h2-11,13H,12,14H2,1H3,(H,30,31). The molecule has 0 bridgehead atoms. The maximum atomic E-state index is 12.7. The topological polar surface area (TPSA) is 110 Å². The molecule has 0 unspecified atom stereocenters. The van der Waals surface area contributed by atoms with Crippen LogP contribution < -0.4 is 5.56 Å². The summed E-state index contributed by atoms with van der Waals surface area (Å²) in [5, 5.41) is 18.1. The number of nitrogens with zero attached hydrogens (tertiary/aromatic N) is 5. The number of carboxylic acid groups (broad SMARTS) is 1. The van der Waals surface area contributed by atoms with E-state index in [9.17, 15) is 19.5 Å². The molecule has 0 aliphatic carbocycles. The summed E-state index contributed by atoms with van der Waals surface area (Å²) in [7, 11) is 1.60. The molecule has 9 nitrogen and oxygen atoms in total. The lowest BCUT2D eigenvalue weighted by Gasteiger charge is -2.17. The van der Waals surface area contributed by atoms with Gasteiger partial charge in [-0.15, -0.1) is 0 Å². The summed E-state index contributed by atoms with van der Waals surface area (Å²) >= 11 is 0. The van der Waals surface area contributed by atoms with Gasteiger partial charge in [0.05, 0.1) is 17.3 Å². The minimum atomic E-state index is -1.26. The van der Waals surface area contributed by atoms with Gasteiger partial charge in [-0.05, 0) is 18.2 Å². The molecule has 0 atom stereocenters. The van der Waals surface area contributed by atoms with Crippen molar-refractivity contribution >= 4 is 22.6 Å². The number of amides is 1.